The molecule has 0 aromatic rings. The third-order valence-corrected chi connectivity index (χ3v) is 2.47. The molecule has 0 radical (unpaired) electrons. The minimum absolute atomic E-state index is 0.223. The maximum absolute atomic E-state index is 11.3. The van der Waals surface area contributed by atoms with Gasteiger partial charge in [-0.1, -0.05) is 6.92 Å². The lowest BCUT2D eigenvalue weighted by molar-refractivity contribution is -0.147. The van der Waals surface area contributed by atoms with Crippen molar-refractivity contribution in [2.24, 2.45) is 5.92 Å². The molecule has 4 nitrogen and oxygen atoms in total. The van der Waals surface area contributed by atoms with Crippen molar-refractivity contribution >= 4 is 11.9 Å². The molecule has 1 atom stereocenters. The number of amides is 1. The molecule has 1 rings (SSSR count). The lowest BCUT2D eigenvalue weighted by Crippen LogP contribution is -2.44. The Kier molecular flexibility index (Phi) is 3.28. The monoisotopic (exact) mass is 185 g/mol. The van der Waals surface area contributed by atoms with E-state index in [1.54, 1.807) is 6.92 Å². The molecule has 1 aliphatic rings. The second-order valence-electron chi connectivity index (χ2n) is 3.44. The summed E-state index contributed by atoms with van der Waals surface area (Å²) in [6.45, 7) is 1.71. The van der Waals surface area contributed by atoms with Gasteiger partial charge in [-0.15, -0.1) is 0 Å². The van der Waals surface area contributed by atoms with Gasteiger partial charge in [0.2, 0.25) is 5.91 Å². The Morgan fingerprint density at radius 2 is 2.15 bits per heavy atom. The molecule has 0 heterocycles. The Labute approximate surface area is 77.3 Å². The molecule has 0 aliphatic heterocycles. The summed E-state index contributed by atoms with van der Waals surface area (Å²) < 4.78 is 0. The van der Waals surface area contributed by atoms with Crippen LogP contribution in [0.3, 0.4) is 0 Å². The smallest absolute Gasteiger partial charge is 0.316 e. The van der Waals surface area contributed by atoms with Crippen LogP contribution >= 0.6 is 0 Å². The second kappa shape index (κ2) is 4.25. The number of hydrogen-bond donors (Lipinski definition) is 2. The van der Waals surface area contributed by atoms with Crippen molar-refractivity contribution in [2.75, 3.05) is 0 Å². The molecular weight excluding hydrogens is 170 g/mol. The average Bonchev–Trinajstić information content (AvgIpc) is 1.97. The van der Waals surface area contributed by atoms with Gasteiger partial charge in [0.15, 0.2) is 0 Å². The molecule has 0 spiro atoms. The minimum Gasteiger partial charge on any atom is -0.481 e. The van der Waals surface area contributed by atoms with Gasteiger partial charge >= 0.3 is 5.97 Å². The third kappa shape index (κ3) is 2.44. The van der Waals surface area contributed by atoms with Crippen LogP contribution in [0.2, 0.25) is 0 Å². The molecular formula is C9H15NO3. The van der Waals surface area contributed by atoms with E-state index in [2.05, 4.69) is 5.32 Å². The lowest BCUT2D eigenvalue weighted by atomic mass is 9.92. The third-order valence-electron chi connectivity index (χ3n) is 2.47. The van der Waals surface area contributed by atoms with Gasteiger partial charge in [-0.3, -0.25) is 9.59 Å². The van der Waals surface area contributed by atoms with Crippen molar-refractivity contribution in [3.05, 3.63) is 0 Å². The number of carbonyl (C=O) groups excluding carboxylic acids is 1. The van der Waals surface area contributed by atoms with Crippen LogP contribution in [0.1, 0.15) is 32.6 Å². The predicted octanol–water partition coefficient (Wildman–Crippen LogP) is 0.766. The zero-order valence-corrected chi connectivity index (χ0v) is 7.75. The van der Waals surface area contributed by atoms with Crippen LogP contribution in [-0.2, 0) is 9.59 Å². The van der Waals surface area contributed by atoms with Crippen molar-refractivity contribution in [3.8, 4) is 0 Å². The van der Waals surface area contributed by atoms with Crippen molar-refractivity contribution in [1.82, 2.24) is 5.32 Å². The molecule has 0 saturated heterocycles. The summed E-state index contributed by atoms with van der Waals surface area (Å²) in [5, 5.41) is 11.4. The predicted molar refractivity (Wildman–Crippen MR) is 47.2 cm³/mol. The van der Waals surface area contributed by atoms with E-state index < -0.39 is 11.9 Å². The topological polar surface area (TPSA) is 66.4 Å². The number of aliphatic carboxylic acids is 1. The van der Waals surface area contributed by atoms with E-state index in [-0.39, 0.29) is 11.9 Å². The number of carbonyl (C=O) groups is 2. The minimum atomic E-state index is -1.03. The molecule has 13 heavy (non-hydrogen) atoms. The van der Waals surface area contributed by atoms with Crippen molar-refractivity contribution in [2.45, 2.75) is 38.6 Å². The molecule has 1 fully saturated rings. The van der Waals surface area contributed by atoms with Gasteiger partial charge in [-0.2, -0.15) is 0 Å². The largest absolute Gasteiger partial charge is 0.481 e. The maximum atomic E-state index is 11.3. The number of nitrogens with one attached hydrogen (secondary N) is 1. The maximum Gasteiger partial charge on any atom is 0.316 e. The molecule has 0 aromatic heterocycles. The van der Waals surface area contributed by atoms with Gasteiger partial charge in [-0.05, 0) is 25.7 Å². The zero-order valence-electron chi connectivity index (χ0n) is 7.75. The molecule has 1 saturated carbocycles. The van der Waals surface area contributed by atoms with E-state index in [0.29, 0.717) is 6.42 Å². The van der Waals surface area contributed by atoms with Gasteiger partial charge in [0.1, 0.15) is 5.92 Å². The van der Waals surface area contributed by atoms with Crippen molar-refractivity contribution in [1.29, 1.82) is 0 Å². The Bertz CT molecular complexity index is 211. The molecule has 4 heteroatoms. The molecule has 1 aliphatic carbocycles. The molecule has 1 amide bonds. The summed E-state index contributed by atoms with van der Waals surface area (Å²) in [5.41, 5.74) is 0. The number of carboxylic acids is 1. The van der Waals surface area contributed by atoms with Gasteiger partial charge < -0.3 is 10.4 Å². The molecule has 1 unspecified atom stereocenters. The van der Waals surface area contributed by atoms with Crippen LogP contribution < -0.4 is 5.32 Å². The van der Waals surface area contributed by atoms with Crippen LogP contribution in [0.15, 0.2) is 0 Å². The first-order valence-corrected chi connectivity index (χ1v) is 4.68. The summed E-state index contributed by atoms with van der Waals surface area (Å²) in [6.07, 6.45) is 3.46. The highest BCUT2D eigenvalue weighted by Crippen LogP contribution is 2.18. The summed E-state index contributed by atoms with van der Waals surface area (Å²) in [5.74, 6) is -2.24. The lowest BCUT2D eigenvalue weighted by Gasteiger charge is -2.27. The molecule has 0 aromatic carbocycles. The summed E-state index contributed by atoms with van der Waals surface area (Å²) in [4.78, 5) is 21.9. The van der Waals surface area contributed by atoms with Gasteiger partial charge in [0.05, 0.1) is 0 Å². The Morgan fingerprint density at radius 3 is 2.46 bits per heavy atom. The van der Waals surface area contributed by atoms with E-state index in [1.807, 2.05) is 0 Å². The zero-order chi connectivity index (χ0) is 9.84. The summed E-state index contributed by atoms with van der Waals surface area (Å²) >= 11 is 0. The Balaban J connectivity index is 2.38. The number of hydrogen-bond acceptors (Lipinski definition) is 2. The highest BCUT2D eigenvalue weighted by atomic mass is 16.4. The SMILES string of the molecule is CCC(C(=O)O)C(=O)NC1CCC1. The van der Waals surface area contributed by atoms with E-state index >= 15 is 0 Å². The van der Waals surface area contributed by atoms with Crippen LogP contribution in [-0.4, -0.2) is 23.0 Å². The molecule has 2 N–H and O–H groups in total. The molecule has 74 valence electrons. The highest BCUT2D eigenvalue weighted by Gasteiger charge is 2.27. The normalized spacial score (nSPS) is 18.8. The van der Waals surface area contributed by atoms with Gasteiger partial charge in [0.25, 0.3) is 0 Å². The van der Waals surface area contributed by atoms with E-state index in [9.17, 15) is 9.59 Å². The first-order valence-electron chi connectivity index (χ1n) is 4.68. The van der Waals surface area contributed by atoms with Crippen LogP contribution in [0, 0.1) is 5.92 Å². The van der Waals surface area contributed by atoms with E-state index in [0.717, 1.165) is 19.3 Å². The second-order valence-corrected chi connectivity index (χ2v) is 3.44. The van der Waals surface area contributed by atoms with Crippen molar-refractivity contribution in [3.63, 3.8) is 0 Å². The number of carboxylic acid groups (broad SMARTS) is 1. The van der Waals surface area contributed by atoms with Crippen LogP contribution in [0.5, 0.6) is 0 Å². The summed E-state index contributed by atoms with van der Waals surface area (Å²) in [6, 6.07) is 0.223. The highest BCUT2D eigenvalue weighted by molar-refractivity contribution is 5.96. The fourth-order valence-corrected chi connectivity index (χ4v) is 1.33. The van der Waals surface area contributed by atoms with Crippen LogP contribution in [0.4, 0.5) is 0 Å². The van der Waals surface area contributed by atoms with Gasteiger partial charge in [-0.25, -0.2) is 0 Å². The first kappa shape index (κ1) is 10.0. The standard InChI is InChI=1S/C9H15NO3/c1-2-7(9(12)13)8(11)10-6-4-3-5-6/h6-7H,2-5H2,1H3,(H,10,11)(H,12,13). The quantitative estimate of drug-likeness (QED) is 0.635. The number of rotatable bonds is 4. The average molecular weight is 185 g/mol. The van der Waals surface area contributed by atoms with Crippen LogP contribution in [0.25, 0.3) is 0 Å². The van der Waals surface area contributed by atoms with Crippen molar-refractivity contribution < 1.29 is 14.7 Å². The Morgan fingerprint density at radius 1 is 1.54 bits per heavy atom. The van der Waals surface area contributed by atoms with E-state index in [1.165, 1.54) is 0 Å². The van der Waals surface area contributed by atoms with E-state index in [4.69, 9.17) is 5.11 Å². The fraction of sp³-hybridized carbons (Fsp3) is 0.778. The first-order chi connectivity index (χ1) is 6.15. The fourth-order valence-electron chi connectivity index (χ4n) is 1.33. The Hall–Kier alpha value is -1.06. The molecule has 0 bridgehead atoms. The summed E-state index contributed by atoms with van der Waals surface area (Å²) in [7, 11) is 0. The van der Waals surface area contributed by atoms with Gasteiger partial charge in [0, 0.05) is 6.04 Å².